The van der Waals surface area contributed by atoms with Crippen molar-refractivity contribution in [2.24, 2.45) is 0 Å². The summed E-state index contributed by atoms with van der Waals surface area (Å²) in [6.07, 6.45) is 0.497. The van der Waals surface area contributed by atoms with Gasteiger partial charge in [0.1, 0.15) is 18.8 Å². The summed E-state index contributed by atoms with van der Waals surface area (Å²) in [4.78, 5) is 24.7. The number of carbonyl (C=O) groups is 2. The van der Waals surface area contributed by atoms with Gasteiger partial charge in [-0.05, 0) is 13.5 Å². The fraction of sp³-hybridized carbons (Fsp3) is 0.833. The molecule has 0 spiro atoms. The molecule has 2 rings (SSSR count). The Labute approximate surface area is 117 Å². The molecule has 0 aliphatic carbocycles. The molecule has 2 aliphatic heterocycles. The van der Waals surface area contributed by atoms with Gasteiger partial charge < -0.3 is 25.4 Å². The molecule has 2 fully saturated rings. The van der Waals surface area contributed by atoms with Crippen LogP contribution in [0.15, 0.2) is 0 Å². The molecule has 0 aromatic carbocycles. The molecular weight excluding hydrogens is 264 g/mol. The minimum atomic E-state index is -0.847. The highest BCUT2D eigenvalue weighted by Crippen LogP contribution is 2.06. The van der Waals surface area contributed by atoms with E-state index in [4.69, 9.17) is 9.84 Å². The molecular formula is C12H22N4O4. The lowest BCUT2D eigenvalue weighted by atomic mass is 10.2. The Morgan fingerprint density at radius 3 is 2.85 bits per heavy atom. The molecule has 3 unspecified atom stereocenters. The highest BCUT2D eigenvalue weighted by atomic mass is 16.5. The van der Waals surface area contributed by atoms with E-state index in [1.54, 1.807) is 0 Å². The molecule has 0 amide bonds. The van der Waals surface area contributed by atoms with E-state index in [1.165, 1.54) is 0 Å². The van der Waals surface area contributed by atoms with Crippen LogP contribution >= 0.6 is 0 Å². The summed E-state index contributed by atoms with van der Waals surface area (Å²) < 4.78 is 5.17. The van der Waals surface area contributed by atoms with E-state index in [1.807, 2.05) is 7.05 Å². The number of likely N-dealkylation sites (N-methyl/N-ethyl adjacent to an activating group) is 1. The Bertz CT molecular complexity index is 365. The molecule has 2 heterocycles. The number of nitrogens with one attached hydrogen (secondary N) is 3. The first-order valence-electron chi connectivity index (χ1n) is 6.84. The predicted octanol–water partition coefficient (Wildman–Crippen LogP) is -2.20. The zero-order valence-electron chi connectivity index (χ0n) is 11.6. The van der Waals surface area contributed by atoms with Gasteiger partial charge in [-0.3, -0.25) is 14.9 Å². The topological polar surface area (TPSA) is 103 Å². The fourth-order valence-electron chi connectivity index (χ4n) is 2.47. The Morgan fingerprint density at radius 2 is 2.20 bits per heavy atom. The number of rotatable bonds is 5. The van der Waals surface area contributed by atoms with E-state index in [2.05, 4.69) is 20.9 Å². The third kappa shape index (κ3) is 4.14. The molecule has 0 bridgehead atoms. The number of hydrogen-bond acceptors (Lipinski definition) is 7. The molecule has 0 saturated carbocycles. The first-order chi connectivity index (χ1) is 9.56. The Balaban J connectivity index is 1.63. The summed E-state index contributed by atoms with van der Waals surface area (Å²) in [5, 5.41) is 17.9. The Morgan fingerprint density at radius 1 is 1.40 bits per heavy atom. The van der Waals surface area contributed by atoms with E-state index >= 15 is 0 Å². The van der Waals surface area contributed by atoms with Crippen molar-refractivity contribution in [1.82, 2.24) is 20.9 Å². The number of ether oxygens (including phenoxy) is 1. The minimum Gasteiger partial charge on any atom is -0.480 e. The lowest BCUT2D eigenvalue weighted by molar-refractivity contribution is -0.148. The van der Waals surface area contributed by atoms with Crippen molar-refractivity contribution in [3.63, 3.8) is 0 Å². The van der Waals surface area contributed by atoms with Crippen molar-refractivity contribution in [3.8, 4) is 0 Å². The van der Waals surface area contributed by atoms with Crippen LogP contribution < -0.4 is 16.0 Å². The molecule has 114 valence electrons. The zero-order valence-corrected chi connectivity index (χ0v) is 11.6. The van der Waals surface area contributed by atoms with E-state index < -0.39 is 12.0 Å². The molecule has 0 aromatic heterocycles. The minimum absolute atomic E-state index is 0.0193. The summed E-state index contributed by atoms with van der Waals surface area (Å²) in [6.45, 7) is 3.02. The summed E-state index contributed by atoms with van der Waals surface area (Å²) in [7, 11) is 1.97. The summed E-state index contributed by atoms with van der Waals surface area (Å²) in [5.74, 6) is -1.12. The summed E-state index contributed by atoms with van der Waals surface area (Å²) >= 11 is 0. The van der Waals surface area contributed by atoms with Crippen LogP contribution in [0.3, 0.4) is 0 Å². The van der Waals surface area contributed by atoms with E-state index in [-0.39, 0.29) is 24.8 Å². The molecule has 2 aliphatic rings. The third-order valence-corrected chi connectivity index (χ3v) is 3.68. The second-order valence-corrected chi connectivity index (χ2v) is 5.31. The predicted molar refractivity (Wildman–Crippen MR) is 71.2 cm³/mol. The number of nitrogens with zero attached hydrogens (tertiary/aromatic N) is 1. The van der Waals surface area contributed by atoms with Gasteiger partial charge in [0, 0.05) is 32.2 Å². The maximum Gasteiger partial charge on any atom is 0.325 e. The second-order valence-electron chi connectivity index (χ2n) is 5.31. The summed E-state index contributed by atoms with van der Waals surface area (Å²) in [5.41, 5.74) is 0. The quantitative estimate of drug-likeness (QED) is 0.333. The van der Waals surface area contributed by atoms with E-state index in [9.17, 15) is 9.59 Å². The average Bonchev–Trinajstić information content (AvgIpc) is 2.87. The van der Waals surface area contributed by atoms with E-state index in [0.717, 1.165) is 13.1 Å². The molecule has 0 radical (unpaired) electrons. The molecule has 0 aromatic rings. The zero-order chi connectivity index (χ0) is 14.5. The third-order valence-electron chi connectivity index (χ3n) is 3.68. The van der Waals surface area contributed by atoms with Crippen molar-refractivity contribution in [2.75, 3.05) is 40.0 Å². The van der Waals surface area contributed by atoms with Gasteiger partial charge in [-0.2, -0.15) is 0 Å². The maximum atomic E-state index is 11.8. The number of hydrogen-bond donors (Lipinski definition) is 4. The maximum absolute atomic E-state index is 11.8. The first-order valence-corrected chi connectivity index (χ1v) is 6.84. The number of piperazine rings is 1. The lowest BCUT2D eigenvalue weighted by Crippen LogP contribution is -2.53. The van der Waals surface area contributed by atoms with Crippen molar-refractivity contribution < 1.29 is 19.4 Å². The smallest absolute Gasteiger partial charge is 0.325 e. The highest BCUT2D eigenvalue weighted by molar-refractivity contribution is 5.76. The largest absolute Gasteiger partial charge is 0.480 e. The van der Waals surface area contributed by atoms with Crippen LogP contribution in [0.2, 0.25) is 0 Å². The number of esters is 1. The van der Waals surface area contributed by atoms with Crippen molar-refractivity contribution in [1.29, 1.82) is 0 Å². The van der Waals surface area contributed by atoms with Gasteiger partial charge in [0.05, 0.1) is 0 Å². The van der Waals surface area contributed by atoms with Crippen molar-refractivity contribution in [2.45, 2.75) is 24.5 Å². The molecule has 20 heavy (non-hydrogen) atoms. The lowest BCUT2D eigenvalue weighted by Gasteiger charge is -2.29. The van der Waals surface area contributed by atoms with Gasteiger partial charge in [0.25, 0.3) is 0 Å². The van der Waals surface area contributed by atoms with Gasteiger partial charge in [-0.25, -0.2) is 0 Å². The fourth-order valence-corrected chi connectivity index (χ4v) is 2.47. The standard InChI is InChI=1S/C12H22N4O4/c1-16-3-2-13-10(6-16)12(19)20-7-15-8-4-9(11(17)18)14-5-8/h8-10,13-15H,2-7H2,1H3,(H,17,18). The van der Waals surface area contributed by atoms with Crippen molar-refractivity contribution in [3.05, 3.63) is 0 Å². The monoisotopic (exact) mass is 286 g/mol. The summed E-state index contributed by atoms with van der Waals surface area (Å²) in [6, 6.07) is -0.785. The van der Waals surface area contributed by atoms with Crippen LogP contribution in [-0.2, 0) is 14.3 Å². The SMILES string of the molecule is CN1CCNC(C(=O)OCNC2CNC(C(=O)O)C2)C1. The van der Waals surface area contributed by atoms with Crippen LogP contribution in [-0.4, -0.2) is 80.0 Å². The Hall–Kier alpha value is -1.22. The molecule has 4 N–H and O–H groups in total. The first kappa shape index (κ1) is 15.2. The highest BCUT2D eigenvalue weighted by Gasteiger charge is 2.29. The molecule has 2 saturated heterocycles. The molecule has 8 heteroatoms. The van der Waals surface area contributed by atoms with Gasteiger partial charge in [0.2, 0.25) is 0 Å². The Kier molecular flexibility index (Phi) is 5.30. The molecule has 3 atom stereocenters. The number of carboxylic acid groups (broad SMARTS) is 1. The van der Waals surface area contributed by atoms with Crippen LogP contribution in [0.25, 0.3) is 0 Å². The van der Waals surface area contributed by atoms with Gasteiger partial charge in [0.15, 0.2) is 0 Å². The van der Waals surface area contributed by atoms with Gasteiger partial charge in [-0.1, -0.05) is 0 Å². The average molecular weight is 286 g/mol. The molecule has 8 nitrogen and oxygen atoms in total. The second kappa shape index (κ2) is 6.98. The van der Waals surface area contributed by atoms with Crippen LogP contribution in [0.1, 0.15) is 6.42 Å². The van der Waals surface area contributed by atoms with Crippen LogP contribution in [0.5, 0.6) is 0 Å². The normalized spacial score (nSPS) is 31.1. The van der Waals surface area contributed by atoms with Crippen molar-refractivity contribution >= 4 is 11.9 Å². The van der Waals surface area contributed by atoms with Gasteiger partial charge >= 0.3 is 11.9 Å². The van der Waals surface area contributed by atoms with Crippen LogP contribution in [0.4, 0.5) is 0 Å². The number of aliphatic carboxylic acids is 1. The van der Waals surface area contributed by atoms with E-state index in [0.29, 0.717) is 19.5 Å². The van der Waals surface area contributed by atoms with Gasteiger partial charge in [-0.15, -0.1) is 0 Å². The number of carbonyl (C=O) groups excluding carboxylic acids is 1. The number of carboxylic acids is 1. The van der Waals surface area contributed by atoms with Crippen LogP contribution in [0, 0.1) is 0 Å².